The fourth-order valence-electron chi connectivity index (χ4n) is 1.40. The van der Waals surface area contributed by atoms with Crippen molar-refractivity contribution in [1.82, 2.24) is 4.98 Å². The van der Waals surface area contributed by atoms with E-state index in [0.717, 1.165) is 5.56 Å². The second-order valence-electron chi connectivity index (χ2n) is 3.76. The minimum absolute atomic E-state index is 0.272. The molecule has 0 saturated carbocycles. The third kappa shape index (κ3) is 3.00. The zero-order valence-electron chi connectivity index (χ0n) is 9.58. The van der Waals surface area contributed by atoms with Gasteiger partial charge in [0, 0.05) is 10.6 Å². The number of hydrogen-bond donors (Lipinski definition) is 1. The third-order valence-corrected chi connectivity index (χ3v) is 3.01. The van der Waals surface area contributed by atoms with E-state index in [1.807, 2.05) is 6.92 Å². The summed E-state index contributed by atoms with van der Waals surface area (Å²) in [5, 5.41) is 3.54. The van der Waals surface area contributed by atoms with E-state index in [-0.39, 0.29) is 5.91 Å². The molecular formula is C13H10Cl2N2O. The highest BCUT2D eigenvalue weighted by Gasteiger charge is 2.08. The van der Waals surface area contributed by atoms with Crippen molar-refractivity contribution in [1.29, 1.82) is 0 Å². The summed E-state index contributed by atoms with van der Waals surface area (Å²) in [6, 6.07) is 10.1. The van der Waals surface area contributed by atoms with Crippen LogP contribution >= 0.6 is 23.2 Å². The van der Waals surface area contributed by atoms with Gasteiger partial charge in [-0.1, -0.05) is 35.3 Å². The Morgan fingerprint density at radius 1 is 1.22 bits per heavy atom. The number of halogens is 2. The van der Waals surface area contributed by atoms with E-state index in [0.29, 0.717) is 21.6 Å². The van der Waals surface area contributed by atoms with Crippen LogP contribution in [-0.4, -0.2) is 10.9 Å². The summed E-state index contributed by atoms with van der Waals surface area (Å²) in [5.74, 6) is 0.135. The summed E-state index contributed by atoms with van der Waals surface area (Å²) >= 11 is 11.7. The highest BCUT2D eigenvalue weighted by molar-refractivity contribution is 6.31. The molecule has 0 radical (unpaired) electrons. The van der Waals surface area contributed by atoms with Gasteiger partial charge < -0.3 is 5.32 Å². The number of carbonyl (C=O) groups is 1. The fourth-order valence-corrected chi connectivity index (χ4v) is 1.74. The summed E-state index contributed by atoms with van der Waals surface area (Å²) in [6.45, 7) is 1.88. The van der Waals surface area contributed by atoms with Gasteiger partial charge >= 0.3 is 0 Å². The Hall–Kier alpha value is -1.58. The summed E-state index contributed by atoms with van der Waals surface area (Å²) in [5.41, 5.74) is 1.40. The highest BCUT2D eigenvalue weighted by Crippen LogP contribution is 2.18. The molecular weight excluding hydrogens is 271 g/mol. The molecule has 0 fully saturated rings. The monoisotopic (exact) mass is 280 g/mol. The van der Waals surface area contributed by atoms with Crippen molar-refractivity contribution < 1.29 is 4.79 Å². The lowest BCUT2D eigenvalue weighted by Gasteiger charge is -2.06. The van der Waals surface area contributed by atoms with Crippen LogP contribution in [-0.2, 0) is 0 Å². The highest BCUT2D eigenvalue weighted by atomic mass is 35.5. The molecule has 2 rings (SSSR count). The molecule has 3 nitrogen and oxygen atoms in total. The largest absolute Gasteiger partial charge is 0.307 e. The molecule has 1 aromatic carbocycles. The van der Waals surface area contributed by atoms with Crippen molar-refractivity contribution in [2.45, 2.75) is 6.92 Å². The molecule has 18 heavy (non-hydrogen) atoms. The number of aromatic nitrogens is 1. The van der Waals surface area contributed by atoms with Gasteiger partial charge in [0.05, 0.1) is 0 Å². The fraction of sp³-hybridized carbons (Fsp3) is 0.0769. The lowest BCUT2D eigenvalue weighted by atomic mass is 10.1. The summed E-state index contributed by atoms with van der Waals surface area (Å²) < 4.78 is 0. The Balaban J connectivity index is 2.19. The second-order valence-corrected chi connectivity index (χ2v) is 4.56. The summed E-state index contributed by atoms with van der Waals surface area (Å²) in [6.07, 6.45) is 0. The lowest BCUT2D eigenvalue weighted by molar-refractivity contribution is 0.102. The third-order valence-electron chi connectivity index (χ3n) is 2.39. The number of nitrogens with one attached hydrogen (secondary N) is 1. The quantitative estimate of drug-likeness (QED) is 0.847. The molecule has 2 aromatic rings. The van der Waals surface area contributed by atoms with Gasteiger partial charge in [-0.3, -0.25) is 4.79 Å². The van der Waals surface area contributed by atoms with Crippen LogP contribution in [0.25, 0.3) is 0 Å². The number of amides is 1. The molecule has 1 N–H and O–H groups in total. The van der Waals surface area contributed by atoms with E-state index in [4.69, 9.17) is 23.2 Å². The number of rotatable bonds is 2. The van der Waals surface area contributed by atoms with Crippen molar-refractivity contribution in [2.24, 2.45) is 0 Å². The molecule has 0 atom stereocenters. The van der Waals surface area contributed by atoms with E-state index in [1.54, 1.807) is 36.4 Å². The van der Waals surface area contributed by atoms with E-state index in [1.165, 1.54) is 0 Å². The molecule has 0 aliphatic carbocycles. The zero-order valence-corrected chi connectivity index (χ0v) is 11.1. The van der Waals surface area contributed by atoms with Gasteiger partial charge in [-0.2, -0.15) is 0 Å². The molecule has 5 heteroatoms. The van der Waals surface area contributed by atoms with Gasteiger partial charge in [-0.05, 0) is 36.8 Å². The Kier molecular flexibility index (Phi) is 3.84. The molecule has 0 saturated heterocycles. The first kappa shape index (κ1) is 12.9. The van der Waals surface area contributed by atoms with Crippen LogP contribution in [0.15, 0.2) is 36.4 Å². The Labute approximate surface area is 115 Å². The number of nitrogens with zero attached hydrogens (tertiary/aromatic N) is 1. The van der Waals surface area contributed by atoms with Crippen molar-refractivity contribution in [3.05, 3.63) is 57.7 Å². The number of hydrogen-bond acceptors (Lipinski definition) is 2. The maximum absolute atomic E-state index is 11.9. The molecule has 92 valence electrons. The number of carbonyl (C=O) groups excluding carboxylic acids is 1. The molecule has 1 aromatic heterocycles. The van der Waals surface area contributed by atoms with Crippen LogP contribution in [0.1, 0.15) is 15.9 Å². The first-order chi connectivity index (χ1) is 8.56. The average molecular weight is 281 g/mol. The van der Waals surface area contributed by atoms with Gasteiger partial charge in [0.1, 0.15) is 11.0 Å². The van der Waals surface area contributed by atoms with Crippen molar-refractivity contribution in [3.63, 3.8) is 0 Å². The van der Waals surface area contributed by atoms with Gasteiger partial charge in [0.2, 0.25) is 0 Å². The predicted molar refractivity (Wildman–Crippen MR) is 73.4 cm³/mol. The van der Waals surface area contributed by atoms with Crippen molar-refractivity contribution in [3.8, 4) is 0 Å². The predicted octanol–water partition coefficient (Wildman–Crippen LogP) is 3.95. The Morgan fingerprint density at radius 3 is 2.67 bits per heavy atom. The number of anilines is 1. The number of pyridine rings is 1. The zero-order chi connectivity index (χ0) is 13.1. The average Bonchev–Trinajstić information content (AvgIpc) is 2.32. The number of benzene rings is 1. The molecule has 0 bridgehead atoms. The number of aryl methyl sites for hydroxylation is 1. The van der Waals surface area contributed by atoms with Crippen LogP contribution in [0.2, 0.25) is 10.2 Å². The molecule has 0 spiro atoms. The second kappa shape index (κ2) is 5.38. The standard InChI is InChI=1S/C13H10Cl2N2O/c1-8-5-6-9(7-10(8)14)13(18)17-12-4-2-3-11(15)16-12/h2-7H,1H3,(H,16,17,18). The van der Waals surface area contributed by atoms with E-state index in [9.17, 15) is 4.79 Å². The van der Waals surface area contributed by atoms with Gasteiger partial charge in [0.15, 0.2) is 0 Å². The summed E-state index contributed by atoms with van der Waals surface area (Å²) in [4.78, 5) is 15.9. The van der Waals surface area contributed by atoms with E-state index in [2.05, 4.69) is 10.3 Å². The van der Waals surface area contributed by atoms with E-state index >= 15 is 0 Å². The topological polar surface area (TPSA) is 42.0 Å². The molecule has 0 aliphatic heterocycles. The first-order valence-electron chi connectivity index (χ1n) is 5.26. The lowest BCUT2D eigenvalue weighted by Crippen LogP contribution is -2.12. The van der Waals surface area contributed by atoms with Gasteiger partial charge in [0.25, 0.3) is 5.91 Å². The molecule has 1 heterocycles. The van der Waals surface area contributed by atoms with Crippen LogP contribution in [0, 0.1) is 6.92 Å². The Bertz CT molecular complexity index is 599. The van der Waals surface area contributed by atoms with Crippen LogP contribution in [0.4, 0.5) is 5.82 Å². The SMILES string of the molecule is Cc1ccc(C(=O)Nc2cccc(Cl)n2)cc1Cl. The van der Waals surface area contributed by atoms with Crippen LogP contribution in [0.3, 0.4) is 0 Å². The maximum Gasteiger partial charge on any atom is 0.256 e. The first-order valence-corrected chi connectivity index (χ1v) is 6.02. The Morgan fingerprint density at radius 2 is 2.00 bits per heavy atom. The minimum atomic E-state index is -0.272. The molecule has 1 amide bonds. The normalized spacial score (nSPS) is 10.2. The van der Waals surface area contributed by atoms with Gasteiger partial charge in [-0.25, -0.2) is 4.98 Å². The van der Waals surface area contributed by atoms with Crippen LogP contribution < -0.4 is 5.32 Å². The maximum atomic E-state index is 11.9. The van der Waals surface area contributed by atoms with Gasteiger partial charge in [-0.15, -0.1) is 0 Å². The summed E-state index contributed by atoms with van der Waals surface area (Å²) in [7, 11) is 0. The van der Waals surface area contributed by atoms with Crippen LogP contribution in [0.5, 0.6) is 0 Å². The van der Waals surface area contributed by atoms with Crippen molar-refractivity contribution in [2.75, 3.05) is 5.32 Å². The minimum Gasteiger partial charge on any atom is -0.307 e. The molecule has 0 aliphatic rings. The molecule has 0 unspecified atom stereocenters. The smallest absolute Gasteiger partial charge is 0.256 e. The van der Waals surface area contributed by atoms with Crippen molar-refractivity contribution >= 4 is 34.9 Å². The van der Waals surface area contributed by atoms with E-state index < -0.39 is 0 Å².